The average Bonchev–Trinajstić information content (AvgIpc) is 3.06. The van der Waals surface area contributed by atoms with Crippen LogP contribution in [0.3, 0.4) is 0 Å². The summed E-state index contributed by atoms with van der Waals surface area (Å²) in [6.45, 7) is 0. The molecular weight excluding hydrogens is 496 g/mol. The molecule has 0 N–H and O–H groups in total. The summed E-state index contributed by atoms with van der Waals surface area (Å²) in [5.74, 6) is 0. The summed E-state index contributed by atoms with van der Waals surface area (Å²) in [7, 11) is 0. The highest BCUT2D eigenvalue weighted by atomic mass is 15.1. The molecule has 7 rings (SSSR count). The molecule has 6 aromatic carbocycles. The molecule has 0 saturated heterocycles. The van der Waals surface area contributed by atoms with Gasteiger partial charge in [-0.2, -0.15) is 0 Å². The number of hydrogen-bond donors (Lipinski definition) is 0. The van der Waals surface area contributed by atoms with Gasteiger partial charge in [0.1, 0.15) is 0 Å². The maximum Gasteiger partial charge on any atom is 0.0781 e. The molecule has 7 aromatic rings. The summed E-state index contributed by atoms with van der Waals surface area (Å²) in [5.41, 5.74) is 10.2. The second-order valence-electron chi connectivity index (χ2n) is 10.1. The fourth-order valence-corrected chi connectivity index (χ4v) is 5.46. The van der Waals surface area contributed by atoms with Crippen molar-refractivity contribution in [3.05, 3.63) is 170 Å². The predicted molar refractivity (Wildman–Crippen MR) is 173 cm³/mol. The molecule has 0 aliphatic carbocycles. The van der Waals surface area contributed by atoms with Crippen molar-refractivity contribution in [2.24, 2.45) is 0 Å². The lowest BCUT2D eigenvalue weighted by molar-refractivity contribution is 1.28. The van der Waals surface area contributed by atoms with Crippen LogP contribution in [0.2, 0.25) is 0 Å². The molecule has 0 spiro atoms. The molecule has 2 nitrogen and oxygen atoms in total. The Balaban J connectivity index is 1.33. The van der Waals surface area contributed by atoms with E-state index in [4.69, 9.17) is 4.98 Å². The zero-order valence-corrected chi connectivity index (χ0v) is 22.6. The van der Waals surface area contributed by atoms with E-state index in [1.807, 2.05) is 6.20 Å². The second kappa shape index (κ2) is 11.0. The summed E-state index contributed by atoms with van der Waals surface area (Å²) in [5, 5.41) is 2.34. The van der Waals surface area contributed by atoms with E-state index in [2.05, 4.69) is 169 Å². The highest BCUT2D eigenvalue weighted by molar-refractivity contribution is 5.95. The number of benzene rings is 6. The van der Waals surface area contributed by atoms with Crippen molar-refractivity contribution < 1.29 is 0 Å². The Labute approximate surface area is 240 Å². The quantitative estimate of drug-likeness (QED) is 0.215. The van der Waals surface area contributed by atoms with Crippen LogP contribution in [0.1, 0.15) is 0 Å². The Bertz CT molecular complexity index is 1820. The number of anilines is 3. The molecule has 41 heavy (non-hydrogen) atoms. The van der Waals surface area contributed by atoms with Gasteiger partial charge in [0.2, 0.25) is 0 Å². The molecule has 0 aliphatic heterocycles. The molecule has 0 atom stereocenters. The zero-order chi connectivity index (χ0) is 27.4. The normalized spacial score (nSPS) is 10.9. The SMILES string of the molecule is c1ccc(-c2ccc(N(c3ccc(-c4ccccc4)cc3)c3cccc(-c4nccc5ccccc45)c3)cc2)cc1. The Morgan fingerprint density at radius 1 is 0.366 bits per heavy atom. The van der Waals surface area contributed by atoms with Gasteiger partial charge in [-0.15, -0.1) is 0 Å². The van der Waals surface area contributed by atoms with Crippen molar-refractivity contribution in [3.8, 4) is 33.5 Å². The van der Waals surface area contributed by atoms with E-state index < -0.39 is 0 Å². The minimum Gasteiger partial charge on any atom is -0.310 e. The molecule has 1 aromatic heterocycles. The van der Waals surface area contributed by atoms with Crippen LogP contribution in [-0.4, -0.2) is 4.98 Å². The maximum atomic E-state index is 4.79. The molecule has 0 unspecified atom stereocenters. The molecule has 0 amide bonds. The van der Waals surface area contributed by atoms with Gasteiger partial charge >= 0.3 is 0 Å². The summed E-state index contributed by atoms with van der Waals surface area (Å²) in [6.07, 6.45) is 1.90. The first-order chi connectivity index (χ1) is 20.3. The van der Waals surface area contributed by atoms with Crippen molar-refractivity contribution in [3.63, 3.8) is 0 Å². The summed E-state index contributed by atoms with van der Waals surface area (Å²) in [6, 6.07) is 57.8. The van der Waals surface area contributed by atoms with Gasteiger partial charge in [-0.3, -0.25) is 4.98 Å². The molecule has 194 valence electrons. The Kier molecular flexibility index (Phi) is 6.56. The van der Waals surface area contributed by atoms with E-state index in [9.17, 15) is 0 Å². The van der Waals surface area contributed by atoms with E-state index in [1.54, 1.807) is 0 Å². The lowest BCUT2D eigenvalue weighted by Gasteiger charge is -2.26. The predicted octanol–water partition coefficient (Wildman–Crippen LogP) is 10.7. The standard InChI is InChI=1S/C39H28N2/c1-3-10-29(11-4-1)31-18-22-35(23-19-31)41(36-24-20-32(21-25-36)30-12-5-2-6-13-30)37-16-9-15-34(28-37)39-38-17-8-7-14-33(38)26-27-40-39/h1-28H. The molecule has 2 heteroatoms. The van der Waals surface area contributed by atoms with E-state index in [0.717, 1.165) is 33.7 Å². The van der Waals surface area contributed by atoms with Gasteiger partial charge in [-0.25, -0.2) is 0 Å². The minimum absolute atomic E-state index is 0.990. The fourth-order valence-electron chi connectivity index (χ4n) is 5.46. The van der Waals surface area contributed by atoms with Gasteiger partial charge in [-0.05, 0) is 70.1 Å². The fraction of sp³-hybridized carbons (Fsp3) is 0. The van der Waals surface area contributed by atoms with E-state index >= 15 is 0 Å². The van der Waals surface area contributed by atoms with Crippen LogP contribution >= 0.6 is 0 Å². The molecule has 0 fully saturated rings. The van der Waals surface area contributed by atoms with Gasteiger partial charge in [0.15, 0.2) is 0 Å². The summed E-state index contributed by atoms with van der Waals surface area (Å²) < 4.78 is 0. The van der Waals surface area contributed by atoms with Crippen molar-refractivity contribution in [2.45, 2.75) is 0 Å². The van der Waals surface area contributed by atoms with Gasteiger partial charge < -0.3 is 4.90 Å². The lowest BCUT2D eigenvalue weighted by atomic mass is 10.0. The van der Waals surface area contributed by atoms with Crippen LogP contribution in [0.4, 0.5) is 17.1 Å². The van der Waals surface area contributed by atoms with Crippen LogP contribution in [0.25, 0.3) is 44.3 Å². The first kappa shape index (κ1) is 24.6. The molecule has 0 aliphatic rings. The number of rotatable bonds is 6. The Hall–Kier alpha value is -5.47. The lowest BCUT2D eigenvalue weighted by Crippen LogP contribution is -2.10. The summed E-state index contributed by atoms with van der Waals surface area (Å²) in [4.78, 5) is 7.11. The van der Waals surface area contributed by atoms with Crippen LogP contribution in [0.5, 0.6) is 0 Å². The topological polar surface area (TPSA) is 16.1 Å². The number of pyridine rings is 1. The maximum absolute atomic E-state index is 4.79. The number of aromatic nitrogens is 1. The summed E-state index contributed by atoms with van der Waals surface area (Å²) >= 11 is 0. The molecule has 1 heterocycles. The monoisotopic (exact) mass is 524 g/mol. The number of fused-ring (bicyclic) bond motifs is 1. The third kappa shape index (κ3) is 4.99. The number of nitrogens with zero attached hydrogens (tertiary/aromatic N) is 2. The highest BCUT2D eigenvalue weighted by Gasteiger charge is 2.15. The Morgan fingerprint density at radius 2 is 0.878 bits per heavy atom. The second-order valence-corrected chi connectivity index (χ2v) is 10.1. The van der Waals surface area contributed by atoms with E-state index in [-0.39, 0.29) is 0 Å². The van der Waals surface area contributed by atoms with Gasteiger partial charge in [0.25, 0.3) is 0 Å². The molecule has 0 radical (unpaired) electrons. The van der Waals surface area contributed by atoms with E-state index in [0.29, 0.717) is 0 Å². The van der Waals surface area contributed by atoms with Crippen LogP contribution in [-0.2, 0) is 0 Å². The van der Waals surface area contributed by atoms with Crippen molar-refractivity contribution >= 4 is 27.8 Å². The smallest absolute Gasteiger partial charge is 0.0781 e. The third-order valence-corrected chi connectivity index (χ3v) is 7.52. The van der Waals surface area contributed by atoms with Gasteiger partial charge in [0, 0.05) is 34.2 Å². The van der Waals surface area contributed by atoms with Crippen molar-refractivity contribution in [1.29, 1.82) is 0 Å². The van der Waals surface area contributed by atoms with Crippen molar-refractivity contribution in [2.75, 3.05) is 4.90 Å². The van der Waals surface area contributed by atoms with Crippen LogP contribution < -0.4 is 4.90 Å². The zero-order valence-electron chi connectivity index (χ0n) is 22.6. The minimum atomic E-state index is 0.990. The highest BCUT2D eigenvalue weighted by Crippen LogP contribution is 2.38. The van der Waals surface area contributed by atoms with Crippen LogP contribution in [0, 0.1) is 0 Å². The largest absolute Gasteiger partial charge is 0.310 e. The molecular formula is C39H28N2. The first-order valence-electron chi connectivity index (χ1n) is 13.9. The third-order valence-electron chi connectivity index (χ3n) is 7.52. The van der Waals surface area contributed by atoms with Crippen LogP contribution in [0.15, 0.2) is 170 Å². The van der Waals surface area contributed by atoms with Gasteiger partial charge in [0.05, 0.1) is 5.69 Å². The Morgan fingerprint density at radius 3 is 1.49 bits per heavy atom. The first-order valence-corrected chi connectivity index (χ1v) is 13.9. The number of hydrogen-bond acceptors (Lipinski definition) is 2. The molecule has 0 saturated carbocycles. The average molecular weight is 525 g/mol. The van der Waals surface area contributed by atoms with E-state index in [1.165, 1.54) is 27.6 Å². The van der Waals surface area contributed by atoms with Crippen molar-refractivity contribution in [1.82, 2.24) is 4.98 Å². The van der Waals surface area contributed by atoms with Gasteiger partial charge in [-0.1, -0.05) is 121 Å². The molecule has 0 bridgehead atoms.